The van der Waals surface area contributed by atoms with E-state index in [-0.39, 0.29) is 5.91 Å². The van der Waals surface area contributed by atoms with Gasteiger partial charge in [-0.2, -0.15) is 0 Å². The summed E-state index contributed by atoms with van der Waals surface area (Å²) in [5, 5.41) is 3.31. The minimum Gasteiger partial charge on any atom is -0.339 e. The molecule has 0 aromatic heterocycles. The van der Waals surface area contributed by atoms with E-state index in [1.165, 1.54) is 12.8 Å². The Bertz CT molecular complexity index is 170. The molecule has 3 heteroatoms. The number of carbonyl (C=O) groups is 1. The summed E-state index contributed by atoms with van der Waals surface area (Å²) in [5.41, 5.74) is 0. The van der Waals surface area contributed by atoms with Crippen molar-refractivity contribution >= 4 is 5.91 Å². The standard InChI is InChI=1S/C10H20N2O/c1-3-11-8-10-6-4-5-7-12(10)9(2)13/h10-11H,3-8H2,1-2H3. The van der Waals surface area contributed by atoms with Gasteiger partial charge in [0, 0.05) is 26.1 Å². The second-order valence-electron chi connectivity index (χ2n) is 3.67. The average molecular weight is 184 g/mol. The first-order chi connectivity index (χ1) is 6.25. The molecule has 1 aliphatic rings. The van der Waals surface area contributed by atoms with Crippen molar-refractivity contribution in [3.63, 3.8) is 0 Å². The first kappa shape index (κ1) is 10.5. The smallest absolute Gasteiger partial charge is 0.219 e. The van der Waals surface area contributed by atoms with Crippen LogP contribution in [0.2, 0.25) is 0 Å². The molecule has 0 aromatic carbocycles. The molecule has 0 bridgehead atoms. The highest BCUT2D eigenvalue weighted by Crippen LogP contribution is 2.16. The number of carbonyl (C=O) groups excluding carboxylic acids is 1. The SMILES string of the molecule is CCNCC1CCCCN1C(C)=O. The van der Waals surface area contributed by atoms with Crippen molar-refractivity contribution in [2.45, 2.75) is 39.2 Å². The van der Waals surface area contributed by atoms with Gasteiger partial charge in [-0.3, -0.25) is 4.79 Å². The van der Waals surface area contributed by atoms with E-state index in [0.29, 0.717) is 6.04 Å². The first-order valence-corrected chi connectivity index (χ1v) is 5.23. The van der Waals surface area contributed by atoms with E-state index in [0.717, 1.165) is 26.1 Å². The fraction of sp³-hybridized carbons (Fsp3) is 0.900. The normalized spacial score (nSPS) is 23.2. The maximum atomic E-state index is 11.3. The Morgan fingerprint density at radius 2 is 2.31 bits per heavy atom. The van der Waals surface area contributed by atoms with Gasteiger partial charge in [0.25, 0.3) is 0 Å². The largest absolute Gasteiger partial charge is 0.339 e. The molecule has 1 unspecified atom stereocenters. The van der Waals surface area contributed by atoms with Crippen LogP contribution in [0.15, 0.2) is 0 Å². The summed E-state index contributed by atoms with van der Waals surface area (Å²) in [6.45, 7) is 6.66. The molecule has 0 radical (unpaired) electrons. The molecule has 1 aliphatic heterocycles. The average Bonchev–Trinajstić information content (AvgIpc) is 2.15. The lowest BCUT2D eigenvalue weighted by molar-refractivity contribution is -0.132. The minimum absolute atomic E-state index is 0.225. The summed E-state index contributed by atoms with van der Waals surface area (Å²) in [6, 6.07) is 0.436. The number of likely N-dealkylation sites (N-methyl/N-ethyl adjacent to an activating group) is 1. The van der Waals surface area contributed by atoms with Gasteiger partial charge in [-0.25, -0.2) is 0 Å². The predicted molar refractivity (Wildman–Crippen MR) is 53.6 cm³/mol. The maximum absolute atomic E-state index is 11.3. The summed E-state index contributed by atoms with van der Waals surface area (Å²) in [5.74, 6) is 0.225. The third kappa shape index (κ3) is 2.99. The molecule has 0 aliphatic carbocycles. The molecule has 1 atom stereocenters. The Hall–Kier alpha value is -0.570. The highest BCUT2D eigenvalue weighted by Gasteiger charge is 2.23. The van der Waals surface area contributed by atoms with E-state index in [1.807, 2.05) is 4.90 Å². The van der Waals surface area contributed by atoms with Crippen molar-refractivity contribution in [3.8, 4) is 0 Å². The van der Waals surface area contributed by atoms with Gasteiger partial charge >= 0.3 is 0 Å². The van der Waals surface area contributed by atoms with Crippen molar-refractivity contribution in [2.75, 3.05) is 19.6 Å². The first-order valence-electron chi connectivity index (χ1n) is 5.23. The van der Waals surface area contributed by atoms with Gasteiger partial charge in [-0.15, -0.1) is 0 Å². The lowest BCUT2D eigenvalue weighted by Gasteiger charge is -2.35. The summed E-state index contributed by atoms with van der Waals surface area (Å²) < 4.78 is 0. The van der Waals surface area contributed by atoms with Crippen LogP contribution in [0.25, 0.3) is 0 Å². The Labute approximate surface area is 80.5 Å². The van der Waals surface area contributed by atoms with E-state index >= 15 is 0 Å². The maximum Gasteiger partial charge on any atom is 0.219 e. The zero-order valence-electron chi connectivity index (χ0n) is 8.68. The number of nitrogens with zero attached hydrogens (tertiary/aromatic N) is 1. The van der Waals surface area contributed by atoms with E-state index in [2.05, 4.69) is 12.2 Å². The summed E-state index contributed by atoms with van der Waals surface area (Å²) >= 11 is 0. The van der Waals surface area contributed by atoms with Gasteiger partial charge in [-0.05, 0) is 25.8 Å². The Kier molecular flexibility index (Phi) is 4.22. The van der Waals surface area contributed by atoms with Gasteiger partial charge < -0.3 is 10.2 Å². The molecule has 1 rings (SSSR count). The molecule has 3 nitrogen and oxygen atoms in total. The molecule has 1 N–H and O–H groups in total. The molecule has 1 fully saturated rings. The number of amides is 1. The fourth-order valence-corrected chi connectivity index (χ4v) is 1.94. The van der Waals surface area contributed by atoms with E-state index in [1.54, 1.807) is 6.92 Å². The number of rotatable bonds is 3. The fourth-order valence-electron chi connectivity index (χ4n) is 1.94. The molecule has 1 saturated heterocycles. The van der Waals surface area contributed by atoms with Crippen LogP contribution in [-0.4, -0.2) is 36.5 Å². The topological polar surface area (TPSA) is 32.3 Å². The summed E-state index contributed by atoms with van der Waals surface area (Å²) in [4.78, 5) is 13.3. The van der Waals surface area contributed by atoms with E-state index in [4.69, 9.17) is 0 Å². The predicted octanol–water partition coefficient (Wildman–Crippen LogP) is 0.997. The quantitative estimate of drug-likeness (QED) is 0.709. The molecule has 0 spiro atoms. The highest BCUT2D eigenvalue weighted by molar-refractivity contribution is 5.73. The van der Waals surface area contributed by atoms with Gasteiger partial charge in [-0.1, -0.05) is 6.92 Å². The number of nitrogens with one attached hydrogen (secondary N) is 1. The minimum atomic E-state index is 0.225. The molecule has 1 heterocycles. The van der Waals surface area contributed by atoms with Gasteiger partial charge in [0.05, 0.1) is 0 Å². The van der Waals surface area contributed by atoms with Crippen molar-refractivity contribution in [3.05, 3.63) is 0 Å². The molecular formula is C10H20N2O. The number of hydrogen-bond acceptors (Lipinski definition) is 2. The van der Waals surface area contributed by atoms with Crippen LogP contribution in [0, 0.1) is 0 Å². The Morgan fingerprint density at radius 1 is 1.54 bits per heavy atom. The van der Waals surface area contributed by atoms with Crippen LogP contribution in [0.4, 0.5) is 0 Å². The highest BCUT2D eigenvalue weighted by atomic mass is 16.2. The zero-order chi connectivity index (χ0) is 9.68. The Balaban J connectivity index is 2.41. The van der Waals surface area contributed by atoms with Crippen molar-refractivity contribution < 1.29 is 4.79 Å². The van der Waals surface area contributed by atoms with Crippen LogP contribution in [0.1, 0.15) is 33.1 Å². The van der Waals surface area contributed by atoms with E-state index in [9.17, 15) is 4.79 Å². The lowest BCUT2D eigenvalue weighted by Crippen LogP contribution is -2.47. The Morgan fingerprint density at radius 3 is 2.92 bits per heavy atom. The molecule has 1 amide bonds. The zero-order valence-corrected chi connectivity index (χ0v) is 8.68. The van der Waals surface area contributed by atoms with Crippen LogP contribution >= 0.6 is 0 Å². The van der Waals surface area contributed by atoms with Crippen LogP contribution in [0.3, 0.4) is 0 Å². The summed E-state index contributed by atoms with van der Waals surface area (Å²) in [7, 11) is 0. The monoisotopic (exact) mass is 184 g/mol. The third-order valence-electron chi connectivity index (χ3n) is 2.66. The second-order valence-corrected chi connectivity index (χ2v) is 3.67. The number of piperidine rings is 1. The van der Waals surface area contributed by atoms with Crippen LogP contribution in [0.5, 0.6) is 0 Å². The van der Waals surface area contributed by atoms with Gasteiger partial charge in [0.15, 0.2) is 0 Å². The molecule has 13 heavy (non-hydrogen) atoms. The van der Waals surface area contributed by atoms with Gasteiger partial charge in [0.1, 0.15) is 0 Å². The molecule has 76 valence electrons. The lowest BCUT2D eigenvalue weighted by atomic mass is 10.0. The molecule has 0 aromatic rings. The van der Waals surface area contributed by atoms with E-state index < -0.39 is 0 Å². The van der Waals surface area contributed by atoms with Crippen LogP contribution in [-0.2, 0) is 4.79 Å². The molecule has 0 saturated carbocycles. The number of likely N-dealkylation sites (tertiary alicyclic amines) is 1. The number of hydrogen-bond donors (Lipinski definition) is 1. The van der Waals surface area contributed by atoms with Gasteiger partial charge in [0.2, 0.25) is 5.91 Å². The third-order valence-corrected chi connectivity index (χ3v) is 2.66. The summed E-state index contributed by atoms with van der Waals surface area (Å²) in [6.07, 6.45) is 3.59. The van der Waals surface area contributed by atoms with Crippen molar-refractivity contribution in [1.29, 1.82) is 0 Å². The van der Waals surface area contributed by atoms with Crippen molar-refractivity contribution in [1.82, 2.24) is 10.2 Å². The molecular weight excluding hydrogens is 164 g/mol. The van der Waals surface area contributed by atoms with Crippen molar-refractivity contribution in [2.24, 2.45) is 0 Å². The second kappa shape index (κ2) is 5.22. The van der Waals surface area contributed by atoms with Crippen LogP contribution < -0.4 is 5.32 Å².